The van der Waals surface area contributed by atoms with Gasteiger partial charge < -0.3 is 10.3 Å². The van der Waals surface area contributed by atoms with Gasteiger partial charge in [0.05, 0.1) is 11.2 Å². The summed E-state index contributed by atoms with van der Waals surface area (Å²) in [5.74, 6) is 1.17. The van der Waals surface area contributed by atoms with Crippen LogP contribution in [0.4, 0.5) is 5.69 Å². The van der Waals surface area contributed by atoms with Gasteiger partial charge in [0.2, 0.25) is 0 Å². The van der Waals surface area contributed by atoms with E-state index in [-0.39, 0.29) is 0 Å². The maximum Gasteiger partial charge on any atom is 0.169 e. The number of anilines is 1. The van der Waals surface area contributed by atoms with E-state index in [4.69, 9.17) is 5.73 Å². The summed E-state index contributed by atoms with van der Waals surface area (Å²) in [4.78, 5) is 4.55. The van der Waals surface area contributed by atoms with E-state index in [2.05, 4.69) is 15.6 Å². The number of aryl methyl sites for hydroxylation is 1. The first-order valence-corrected chi connectivity index (χ1v) is 5.72. The lowest BCUT2D eigenvalue weighted by molar-refractivity contribution is 0.624. The van der Waals surface area contributed by atoms with Gasteiger partial charge >= 0.3 is 0 Å². The average Bonchev–Trinajstić information content (AvgIpc) is 2.59. The maximum atomic E-state index is 5.88. The van der Waals surface area contributed by atoms with Crippen LogP contribution < -0.4 is 5.73 Å². The maximum absolute atomic E-state index is 5.88. The number of thioether (sulfide) groups is 1. The highest BCUT2D eigenvalue weighted by atomic mass is 32.2. The fourth-order valence-electron chi connectivity index (χ4n) is 1.86. The standard InChI is InChI=1S/C10H11N3S/c11-7-3-1-4-8-9(7)12-10-13(8)5-2-6-14-10/h1,3-4H,2,5-6,11H2. The molecule has 0 amide bonds. The molecular formula is C10H11N3S. The Morgan fingerprint density at radius 3 is 3.29 bits per heavy atom. The van der Waals surface area contributed by atoms with E-state index in [0.717, 1.165) is 22.9 Å². The highest BCUT2D eigenvalue weighted by Gasteiger charge is 2.15. The molecule has 0 unspecified atom stereocenters. The van der Waals surface area contributed by atoms with Crippen molar-refractivity contribution in [2.75, 3.05) is 11.5 Å². The van der Waals surface area contributed by atoms with Gasteiger partial charge in [0.25, 0.3) is 0 Å². The molecule has 0 atom stereocenters. The average molecular weight is 205 g/mol. The van der Waals surface area contributed by atoms with Gasteiger partial charge in [-0.1, -0.05) is 17.8 Å². The normalized spacial score (nSPS) is 15.7. The molecular weight excluding hydrogens is 194 g/mol. The molecule has 0 bridgehead atoms. The number of para-hydroxylation sites is 1. The van der Waals surface area contributed by atoms with Gasteiger partial charge in [-0.3, -0.25) is 0 Å². The van der Waals surface area contributed by atoms with Gasteiger partial charge in [-0.2, -0.15) is 0 Å². The molecule has 2 aromatic rings. The van der Waals surface area contributed by atoms with Crippen LogP contribution >= 0.6 is 11.8 Å². The van der Waals surface area contributed by atoms with Crippen LogP contribution in [0.15, 0.2) is 23.4 Å². The molecule has 14 heavy (non-hydrogen) atoms. The van der Waals surface area contributed by atoms with Gasteiger partial charge in [-0.25, -0.2) is 4.98 Å². The number of imidazole rings is 1. The molecule has 0 saturated carbocycles. The number of hydrogen-bond acceptors (Lipinski definition) is 3. The Bertz CT molecular complexity index is 489. The molecule has 2 N–H and O–H groups in total. The molecule has 1 aromatic heterocycles. The fourth-order valence-corrected chi connectivity index (χ4v) is 2.82. The van der Waals surface area contributed by atoms with E-state index in [1.165, 1.54) is 17.7 Å². The highest BCUT2D eigenvalue weighted by Crippen LogP contribution is 2.30. The van der Waals surface area contributed by atoms with E-state index in [0.29, 0.717) is 0 Å². The zero-order valence-electron chi connectivity index (χ0n) is 7.73. The molecule has 0 fully saturated rings. The van der Waals surface area contributed by atoms with E-state index in [1.54, 1.807) is 0 Å². The smallest absolute Gasteiger partial charge is 0.169 e. The van der Waals surface area contributed by atoms with E-state index in [9.17, 15) is 0 Å². The van der Waals surface area contributed by atoms with Crippen molar-refractivity contribution in [1.82, 2.24) is 9.55 Å². The van der Waals surface area contributed by atoms with Crippen molar-refractivity contribution in [2.45, 2.75) is 18.1 Å². The van der Waals surface area contributed by atoms with Crippen LogP contribution in [0.2, 0.25) is 0 Å². The summed E-state index contributed by atoms with van der Waals surface area (Å²) >= 11 is 1.82. The number of rotatable bonds is 0. The summed E-state index contributed by atoms with van der Waals surface area (Å²) in [6, 6.07) is 5.99. The van der Waals surface area contributed by atoms with Crippen molar-refractivity contribution in [1.29, 1.82) is 0 Å². The number of nitrogens with zero attached hydrogens (tertiary/aromatic N) is 2. The molecule has 0 radical (unpaired) electrons. The molecule has 3 rings (SSSR count). The summed E-state index contributed by atoms with van der Waals surface area (Å²) in [6.45, 7) is 1.07. The van der Waals surface area contributed by atoms with E-state index < -0.39 is 0 Å². The first-order valence-electron chi connectivity index (χ1n) is 4.74. The Kier molecular flexibility index (Phi) is 1.70. The van der Waals surface area contributed by atoms with Crippen molar-refractivity contribution in [3.05, 3.63) is 18.2 Å². The summed E-state index contributed by atoms with van der Waals surface area (Å²) < 4.78 is 2.26. The molecule has 2 heterocycles. The molecule has 1 aromatic carbocycles. The monoisotopic (exact) mass is 205 g/mol. The first-order chi connectivity index (χ1) is 6.86. The minimum atomic E-state index is 0.782. The van der Waals surface area contributed by atoms with E-state index in [1.807, 2.05) is 23.9 Å². The largest absolute Gasteiger partial charge is 0.397 e. The zero-order valence-corrected chi connectivity index (χ0v) is 8.55. The number of benzene rings is 1. The van der Waals surface area contributed by atoms with Gasteiger partial charge in [-0.05, 0) is 18.6 Å². The SMILES string of the molecule is Nc1cccc2c1nc1n2CCCS1. The van der Waals surface area contributed by atoms with Crippen LogP contribution in [0.1, 0.15) is 6.42 Å². The summed E-state index contributed by atoms with van der Waals surface area (Å²) in [5, 5.41) is 1.11. The molecule has 0 spiro atoms. The van der Waals surface area contributed by atoms with Gasteiger partial charge in [0.15, 0.2) is 5.16 Å². The third-order valence-corrected chi connectivity index (χ3v) is 3.59. The lowest BCUT2D eigenvalue weighted by Gasteiger charge is -2.12. The Balaban J connectivity index is 2.36. The van der Waals surface area contributed by atoms with Crippen LogP contribution in [0, 0.1) is 0 Å². The van der Waals surface area contributed by atoms with Gasteiger partial charge in [0.1, 0.15) is 5.52 Å². The van der Waals surface area contributed by atoms with Crippen LogP contribution in [0.25, 0.3) is 11.0 Å². The second-order valence-corrected chi connectivity index (χ2v) is 4.53. The minimum Gasteiger partial charge on any atom is -0.397 e. The molecule has 4 heteroatoms. The lowest BCUT2D eigenvalue weighted by atomic mass is 10.2. The number of nitrogen functional groups attached to an aromatic ring is 1. The van der Waals surface area contributed by atoms with Gasteiger partial charge in [-0.15, -0.1) is 0 Å². The molecule has 0 aliphatic carbocycles. The van der Waals surface area contributed by atoms with Crippen LogP contribution in [0.3, 0.4) is 0 Å². The van der Waals surface area contributed by atoms with Crippen molar-refractivity contribution in [2.24, 2.45) is 0 Å². The van der Waals surface area contributed by atoms with Crippen LogP contribution in [-0.2, 0) is 6.54 Å². The second-order valence-electron chi connectivity index (χ2n) is 3.46. The number of nitrogens with two attached hydrogens (primary N) is 1. The molecule has 1 aliphatic heterocycles. The third kappa shape index (κ3) is 1.04. The summed E-state index contributed by atoms with van der Waals surface area (Å²) in [5.41, 5.74) is 8.79. The van der Waals surface area contributed by atoms with Crippen molar-refractivity contribution in [3.8, 4) is 0 Å². The highest BCUT2D eigenvalue weighted by molar-refractivity contribution is 7.99. The van der Waals surface area contributed by atoms with Crippen LogP contribution in [-0.4, -0.2) is 15.3 Å². The van der Waals surface area contributed by atoms with Crippen molar-refractivity contribution in [3.63, 3.8) is 0 Å². The fraction of sp³-hybridized carbons (Fsp3) is 0.300. The number of fused-ring (bicyclic) bond motifs is 3. The molecule has 1 aliphatic rings. The first kappa shape index (κ1) is 8.17. The quantitative estimate of drug-likeness (QED) is 0.670. The number of aromatic nitrogens is 2. The van der Waals surface area contributed by atoms with Crippen molar-refractivity contribution < 1.29 is 0 Å². The molecule has 0 saturated heterocycles. The van der Waals surface area contributed by atoms with Gasteiger partial charge in [0, 0.05) is 12.3 Å². The topological polar surface area (TPSA) is 43.8 Å². The molecule has 3 nitrogen and oxygen atoms in total. The van der Waals surface area contributed by atoms with Crippen molar-refractivity contribution >= 4 is 28.5 Å². The molecule has 72 valence electrons. The Morgan fingerprint density at radius 1 is 1.43 bits per heavy atom. The Morgan fingerprint density at radius 2 is 2.36 bits per heavy atom. The second kappa shape index (κ2) is 2.92. The number of hydrogen-bond donors (Lipinski definition) is 1. The third-order valence-electron chi connectivity index (χ3n) is 2.53. The predicted molar refractivity (Wildman–Crippen MR) is 59.5 cm³/mol. The Labute approximate surface area is 86.3 Å². The minimum absolute atomic E-state index is 0.782. The predicted octanol–water partition coefficient (Wildman–Crippen LogP) is 2.11. The summed E-state index contributed by atoms with van der Waals surface area (Å²) in [7, 11) is 0. The zero-order chi connectivity index (χ0) is 9.54. The van der Waals surface area contributed by atoms with Crippen LogP contribution in [0.5, 0.6) is 0 Å². The summed E-state index contributed by atoms with van der Waals surface area (Å²) in [6.07, 6.45) is 1.22. The van der Waals surface area contributed by atoms with E-state index >= 15 is 0 Å². The Hall–Kier alpha value is -1.16. The lowest BCUT2D eigenvalue weighted by Crippen LogP contribution is -2.06.